The van der Waals surface area contributed by atoms with Crippen molar-refractivity contribution in [3.63, 3.8) is 0 Å². The van der Waals surface area contributed by atoms with Crippen molar-refractivity contribution in [3.8, 4) is 5.69 Å². The Kier molecular flexibility index (Phi) is 3.12. The van der Waals surface area contributed by atoms with Gasteiger partial charge in [0.1, 0.15) is 11.6 Å². The van der Waals surface area contributed by atoms with Crippen molar-refractivity contribution >= 4 is 21.5 Å². The molecule has 1 aliphatic rings. The molecule has 8 heteroatoms. The normalized spacial score (nSPS) is 15.1. The number of rotatable bonds is 4. The van der Waals surface area contributed by atoms with Gasteiger partial charge in [0.2, 0.25) is 0 Å². The number of nitrogens with zero attached hydrogens (tertiary/aromatic N) is 2. The number of hydrogen-bond acceptors (Lipinski definition) is 5. The number of sulfone groups is 1. The Morgan fingerprint density at radius 3 is 2.48 bits per heavy atom. The summed E-state index contributed by atoms with van der Waals surface area (Å²) in [6, 6.07) is 5.76. The van der Waals surface area contributed by atoms with E-state index in [9.17, 15) is 12.8 Å². The Labute approximate surface area is 121 Å². The molecule has 3 rings (SSSR count). The molecule has 3 N–H and O–H groups in total. The summed E-state index contributed by atoms with van der Waals surface area (Å²) in [6.45, 7) is 0. The van der Waals surface area contributed by atoms with E-state index in [1.165, 1.54) is 28.9 Å². The van der Waals surface area contributed by atoms with Crippen molar-refractivity contribution < 1.29 is 12.8 Å². The molecule has 6 nitrogen and oxygen atoms in total. The standard InChI is InChI=1S/C13H15FN4O2S/c1-21(19,20)11-12(15)18(10-6-2-8(14)3-7-10)17-13(11)16-9-4-5-9/h2-3,6-7,9H,4-5,15H2,1H3,(H,16,17). The molecule has 112 valence electrons. The van der Waals surface area contributed by atoms with Crippen LogP contribution in [0.3, 0.4) is 0 Å². The Morgan fingerprint density at radius 1 is 1.33 bits per heavy atom. The third-order valence-electron chi connectivity index (χ3n) is 3.24. The molecule has 1 aromatic carbocycles. The van der Waals surface area contributed by atoms with Crippen LogP contribution in [0.2, 0.25) is 0 Å². The van der Waals surface area contributed by atoms with E-state index in [1.807, 2.05) is 0 Å². The molecule has 1 saturated carbocycles. The Balaban J connectivity index is 2.13. The summed E-state index contributed by atoms with van der Waals surface area (Å²) in [4.78, 5) is -0.0151. The van der Waals surface area contributed by atoms with E-state index in [-0.39, 0.29) is 28.4 Å². The summed E-state index contributed by atoms with van der Waals surface area (Å²) >= 11 is 0. The van der Waals surface area contributed by atoms with Gasteiger partial charge in [0.25, 0.3) is 0 Å². The summed E-state index contributed by atoms with van der Waals surface area (Å²) < 4.78 is 38.2. The number of nitrogen functional groups attached to an aromatic ring is 1. The van der Waals surface area contributed by atoms with Gasteiger partial charge >= 0.3 is 0 Å². The molecule has 0 atom stereocenters. The number of hydrogen-bond donors (Lipinski definition) is 2. The number of nitrogens with one attached hydrogen (secondary N) is 1. The van der Waals surface area contributed by atoms with Gasteiger partial charge in [0, 0.05) is 12.3 Å². The maximum Gasteiger partial charge on any atom is 0.182 e. The molecular weight excluding hydrogens is 295 g/mol. The van der Waals surface area contributed by atoms with Gasteiger partial charge in [0.15, 0.2) is 20.6 Å². The minimum atomic E-state index is -3.52. The molecule has 0 spiro atoms. The zero-order chi connectivity index (χ0) is 15.2. The van der Waals surface area contributed by atoms with Crippen LogP contribution in [-0.2, 0) is 9.84 Å². The van der Waals surface area contributed by atoms with Crippen molar-refractivity contribution in [1.29, 1.82) is 0 Å². The molecule has 0 radical (unpaired) electrons. The number of benzene rings is 1. The van der Waals surface area contributed by atoms with Crippen LogP contribution >= 0.6 is 0 Å². The topological polar surface area (TPSA) is 90.0 Å². The third-order valence-corrected chi connectivity index (χ3v) is 4.38. The number of aromatic nitrogens is 2. The fourth-order valence-electron chi connectivity index (χ4n) is 2.08. The molecule has 2 aromatic rings. The maximum absolute atomic E-state index is 13.0. The van der Waals surface area contributed by atoms with E-state index in [0.717, 1.165) is 19.1 Å². The van der Waals surface area contributed by atoms with Crippen LogP contribution < -0.4 is 11.1 Å². The highest BCUT2D eigenvalue weighted by Gasteiger charge is 2.29. The second-order valence-electron chi connectivity index (χ2n) is 5.14. The fraction of sp³-hybridized carbons (Fsp3) is 0.308. The van der Waals surface area contributed by atoms with Crippen LogP contribution in [0.4, 0.5) is 16.0 Å². The quantitative estimate of drug-likeness (QED) is 0.894. The molecule has 0 amide bonds. The van der Waals surface area contributed by atoms with Gasteiger partial charge in [-0.05, 0) is 37.1 Å². The van der Waals surface area contributed by atoms with Gasteiger partial charge in [-0.25, -0.2) is 17.5 Å². The van der Waals surface area contributed by atoms with E-state index in [4.69, 9.17) is 5.73 Å². The number of nitrogens with two attached hydrogens (primary N) is 1. The van der Waals surface area contributed by atoms with Gasteiger partial charge < -0.3 is 11.1 Å². The van der Waals surface area contributed by atoms with Crippen LogP contribution in [0.5, 0.6) is 0 Å². The van der Waals surface area contributed by atoms with Crippen LogP contribution in [0.1, 0.15) is 12.8 Å². The number of anilines is 2. The summed E-state index contributed by atoms with van der Waals surface area (Å²) in [5.74, 6) is -0.113. The molecule has 1 heterocycles. The monoisotopic (exact) mass is 310 g/mol. The van der Waals surface area contributed by atoms with Crippen LogP contribution in [0.15, 0.2) is 29.2 Å². The van der Waals surface area contributed by atoms with E-state index < -0.39 is 9.84 Å². The highest BCUT2D eigenvalue weighted by atomic mass is 32.2. The SMILES string of the molecule is CS(=O)(=O)c1c(NC2CC2)nn(-c2ccc(F)cc2)c1N. The summed E-state index contributed by atoms with van der Waals surface area (Å²) in [7, 11) is -3.52. The van der Waals surface area contributed by atoms with E-state index in [1.54, 1.807) is 0 Å². The van der Waals surface area contributed by atoms with Crippen LogP contribution in [0.25, 0.3) is 5.69 Å². The minimum absolute atomic E-state index is 0.0151. The lowest BCUT2D eigenvalue weighted by atomic mass is 10.3. The molecule has 1 fully saturated rings. The lowest BCUT2D eigenvalue weighted by Crippen LogP contribution is -2.08. The lowest BCUT2D eigenvalue weighted by molar-refractivity contribution is 0.602. The Hall–Kier alpha value is -2.09. The predicted molar refractivity (Wildman–Crippen MR) is 77.7 cm³/mol. The highest BCUT2D eigenvalue weighted by Crippen LogP contribution is 2.33. The Bertz CT molecular complexity index is 779. The van der Waals surface area contributed by atoms with Crippen molar-refractivity contribution in [3.05, 3.63) is 30.1 Å². The molecule has 21 heavy (non-hydrogen) atoms. The molecule has 0 bridgehead atoms. The molecule has 1 aliphatic carbocycles. The highest BCUT2D eigenvalue weighted by molar-refractivity contribution is 7.91. The number of halogens is 1. The van der Waals surface area contributed by atoms with Crippen molar-refractivity contribution in [2.75, 3.05) is 17.3 Å². The first-order chi connectivity index (χ1) is 9.86. The summed E-state index contributed by atoms with van der Waals surface area (Å²) in [5.41, 5.74) is 6.45. The zero-order valence-electron chi connectivity index (χ0n) is 11.4. The minimum Gasteiger partial charge on any atom is -0.382 e. The van der Waals surface area contributed by atoms with Crippen molar-refractivity contribution in [2.45, 2.75) is 23.8 Å². The van der Waals surface area contributed by atoms with E-state index in [0.29, 0.717) is 5.69 Å². The second-order valence-corrected chi connectivity index (χ2v) is 7.09. The molecule has 0 saturated heterocycles. The largest absolute Gasteiger partial charge is 0.382 e. The second kappa shape index (κ2) is 4.73. The van der Waals surface area contributed by atoms with E-state index in [2.05, 4.69) is 10.4 Å². The fourth-order valence-corrected chi connectivity index (χ4v) is 2.99. The molecule has 0 unspecified atom stereocenters. The lowest BCUT2D eigenvalue weighted by Gasteiger charge is -2.03. The van der Waals surface area contributed by atoms with Gasteiger partial charge in [-0.2, -0.15) is 0 Å². The average molecular weight is 310 g/mol. The smallest absolute Gasteiger partial charge is 0.182 e. The van der Waals surface area contributed by atoms with E-state index >= 15 is 0 Å². The third kappa shape index (κ3) is 2.71. The van der Waals surface area contributed by atoms with Gasteiger partial charge in [-0.15, -0.1) is 5.10 Å². The van der Waals surface area contributed by atoms with Gasteiger partial charge in [-0.1, -0.05) is 0 Å². The van der Waals surface area contributed by atoms with Crippen LogP contribution in [-0.4, -0.2) is 30.5 Å². The van der Waals surface area contributed by atoms with Crippen molar-refractivity contribution in [1.82, 2.24) is 9.78 Å². The van der Waals surface area contributed by atoms with Crippen LogP contribution in [0, 0.1) is 5.82 Å². The first kappa shape index (κ1) is 13.9. The molecule has 1 aromatic heterocycles. The van der Waals surface area contributed by atoms with Gasteiger partial charge in [0.05, 0.1) is 5.69 Å². The first-order valence-electron chi connectivity index (χ1n) is 6.47. The average Bonchev–Trinajstić information content (AvgIpc) is 3.12. The summed E-state index contributed by atoms with van der Waals surface area (Å²) in [6.07, 6.45) is 3.05. The maximum atomic E-state index is 13.0. The van der Waals surface area contributed by atoms with Crippen molar-refractivity contribution in [2.24, 2.45) is 0 Å². The Morgan fingerprint density at radius 2 is 1.95 bits per heavy atom. The zero-order valence-corrected chi connectivity index (χ0v) is 12.2. The molecular formula is C13H15FN4O2S. The molecule has 0 aliphatic heterocycles. The van der Waals surface area contributed by atoms with Gasteiger partial charge in [-0.3, -0.25) is 0 Å². The summed E-state index contributed by atoms with van der Waals surface area (Å²) in [5, 5.41) is 7.30. The first-order valence-corrected chi connectivity index (χ1v) is 8.36. The predicted octanol–water partition coefficient (Wildman–Crippen LogP) is 1.57.